The number of aromatic amines is 1. The van der Waals surface area contributed by atoms with Gasteiger partial charge in [-0.1, -0.05) is 26.7 Å². The minimum absolute atomic E-state index is 0.0834. The maximum absolute atomic E-state index is 12.6. The van der Waals surface area contributed by atoms with Gasteiger partial charge < -0.3 is 4.90 Å². The zero-order valence-corrected chi connectivity index (χ0v) is 11.9. The van der Waals surface area contributed by atoms with Gasteiger partial charge >= 0.3 is 0 Å². The fraction of sp³-hybridized carbons (Fsp3) is 0.643. The van der Waals surface area contributed by atoms with Crippen LogP contribution in [0.3, 0.4) is 0 Å². The highest BCUT2D eigenvalue weighted by Crippen LogP contribution is 2.31. The number of carbonyl (C=O) groups excluding carboxylic acids is 1. The Bertz CT molecular complexity index is 427. The maximum Gasteiger partial charge on any atom is 0.243 e. The normalized spacial score (nSPS) is 11.1. The largest absolute Gasteiger partial charge is 0.340 e. The van der Waals surface area contributed by atoms with Gasteiger partial charge in [0.15, 0.2) is 0 Å². The van der Waals surface area contributed by atoms with Gasteiger partial charge in [0.2, 0.25) is 5.91 Å². The van der Waals surface area contributed by atoms with Gasteiger partial charge in [-0.3, -0.25) is 9.89 Å². The zero-order valence-electron chi connectivity index (χ0n) is 11.9. The molecule has 104 valence electrons. The topological polar surface area (TPSA) is 72.8 Å². The number of hydrogen-bond acceptors (Lipinski definition) is 3. The first kappa shape index (κ1) is 15.2. The van der Waals surface area contributed by atoms with Crippen molar-refractivity contribution in [3.63, 3.8) is 0 Å². The molecule has 0 unspecified atom stereocenters. The molecule has 0 spiro atoms. The van der Waals surface area contributed by atoms with Gasteiger partial charge in [0.1, 0.15) is 5.41 Å². The van der Waals surface area contributed by atoms with E-state index < -0.39 is 5.41 Å². The molecule has 19 heavy (non-hydrogen) atoms. The third-order valence-electron chi connectivity index (χ3n) is 3.30. The summed E-state index contributed by atoms with van der Waals surface area (Å²) < 4.78 is 0. The Hall–Kier alpha value is -1.83. The van der Waals surface area contributed by atoms with Gasteiger partial charge in [-0.25, -0.2) is 0 Å². The molecule has 0 aliphatic rings. The second-order valence-corrected chi connectivity index (χ2v) is 4.96. The quantitative estimate of drug-likeness (QED) is 0.820. The van der Waals surface area contributed by atoms with E-state index in [1.165, 1.54) is 0 Å². The van der Waals surface area contributed by atoms with Crippen molar-refractivity contribution in [1.82, 2.24) is 15.1 Å². The molecule has 0 saturated carbocycles. The molecule has 0 fully saturated rings. The lowest BCUT2D eigenvalue weighted by Crippen LogP contribution is -2.41. The SMILES string of the molecule is CCCC(C#N)(CCC)C(=O)N(C)Cc1cn[nH]c1. The summed E-state index contributed by atoms with van der Waals surface area (Å²) in [6, 6.07) is 2.26. The highest BCUT2D eigenvalue weighted by Gasteiger charge is 2.38. The van der Waals surface area contributed by atoms with Crippen LogP contribution >= 0.6 is 0 Å². The molecular formula is C14H22N4O. The molecule has 1 aromatic heterocycles. The van der Waals surface area contributed by atoms with Crippen LogP contribution in [0, 0.1) is 16.7 Å². The Morgan fingerprint density at radius 1 is 1.47 bits per heavy atom. The molecule has 1 N–H and O–H groups in total. The minimum Gasteiger partial charge on any atom is -0.340 e. The molecule has 0 aromatic carbocycles. The highest BCUT2D eigenvalue weighted by molar-refractivity contribution is 5.85. The molecule has 1 amide bonds. The van der Waals surface area contributed by atoms with Crippen LogP contribution in [0.2, 0.25) is 0 Å². The predicted octanol–water partition coefficient (Wildman–Crippen LogP) is 2.48. The standard InChI is InChI=1S/C14H22N4O/c1-4-6-14(11-15,7-5-2)13(19)18(3)10-12-8-16-17-9-12/h8-9H,4-7,10H2,1-3H3,(H,16,17). The van der Waals surface area contributed by atoms with Crippen LogP contribution in [-0.4, -0.2) is 28.1 Å². The van der Waals surface area contributed by atoms with Gasteiger partial charge in [0, 0.05) is 25.4 Å². The van der Waals surface area contributed by atoms with E-state index in [0.717, 1.165) is 18.4 Å². The van der Waals surface area contributed by atoms with E-state index in [4.69, 9.17) is 0 Å². The van der Waals surface area contributed by atoms with Gasteiger partial charge in [-0.05, 0) is 12.8 Å². The molecule has 0 aliphatic heterocycles. The van der Waals surface area contributed by atoms with Gasteiger partial charge in [0.25, 0.3) is 0 Å². The first-order chi connectivity index (χ1) is 9.09. The number of aromatic nitrogens is 2. The number of H-pyrrole nitrogens is 1. The Balaban J connectivity index is 2.83. The summed E-state index contributed by atoms with van der Waals surface area (Å²) in [5.41, 5.74) is 0.0674. The average Bonchev–Trinajstić information content (AvgIpc) is 2.90. The van der Waals surface area contributed by atoms with Crippen molar-refractivity contribution in [2.75, 3.05) is 7.05 Å². The fourth-order valence-corrected chi connectivity index (χ4v) is 2.43. The number of hydrogen-bond donors (Lipinski definition) is 1. The van der Waals surface area contributed by atoms with Crippen molar-refractivity contribution < 1.29 is 4.79 Å². The van der Waals surface area contributed by atoms with E-state index in [2.05, 4.69) is 16.3 Å². The lowest BCUT2D eigenvalue weighted by atomic mass is 9.79. The molecule has 0 radical (unpaired) electrons. The third-order valence-corrected chi connectivity index (χ3v) is 3.30. The minimum atomic E-state index is -0.873. The molecule has 1 heterocycles. The number of nitriles is 1. The van der Waals surface area contributed by atoms with Gasteiger partial charge in [-0.15, -0.1) is 0 Å². The number of rotatable bonds is 7. The molecule has 1 aromatic rings. The van der Waals surface area contributed by atoms with E-state index in [0.29, 0.717) is 19.4 Å². The van der Waals surface area contributed by atoms with Crippen LogP contribution in [0.15, 0.2) is 12.4 Å². The van der Waals surface area contributed by atoms with E-state index in [-0.39, 0.29) is 5.91 Å². The summed E-state index contributed by atoms with van der Waals surface area (Å²) in [4.78, 5) is 14.2. The summed E-state index contributed by atoms with van der Waals surface area (Å²) in [6.07, 6.45) is 6.35. The molecule has 5 heteroatoms. The lowest BCUT2D eigenvalue weighted by Gasteiger charge is -2.29. The molecule has 0 saturated heterocycles. The monoisotopic (exact) mass is 262 g/mol. The van der Waals surface area contributed by atoms with Crippen molar-refractivity contribution in [2.24, 2.45) is 5.41 Å². The Morgan fingerprint density at radius 2 is 2.11 bits per heavy atom. The van der Waals surface area contributed by atoms with Gasteiger partial charge in [0.05, 0.1) is 12.3 Å². The van der Waals surface area contributed by atoms with Gasteiger partial charge in [-0.2, -0.15) is 10.4 Å². The molecule has 5 nitrogen and oxygen atoms in total. The average molecular weight is 262 g/mol. The van der Waals surface area contributed by atoms with Crippen LogP contribution in [-0.2, 0) is 11.3 Å². The van der Waals surface area contributed by atoms with Crippen molar-refractivity contribution >= 4 is 5.91 Å². The van der Waals surface area contributed by atoms with Crippen LogP contribution in [0.4, 0.5) is 0 Å². The zero-order chi connectivity index (χ0) is 14.3. The Morgan fingerprint density at radius 3 is 2.53 bits per heavy atom. The fourth-order valence-electron chi connectivity index (χ4n) is 2.43. The van der Waals surface area contributed by atoms with Crippen LogP contribution in [0.5, 0.6) is 0 Å². The maximum atomic E-state index is 12.6. The molecule has 0 atom stereocenters. The van der Waals surface area contributed by atoms with Crippen LogP contribution in [0.1, 0.15) is 45.1 Å². The molecule has 0 aliphatic carbocycles. The van der Waals surface area contributed by atoms with Crippen molar-refractivity contribution in [3.05, 3.63) is 18.0 Å². The van der Waals surface area contributed by atoms with Crippen LogP contribution in [0.25, 0.3) is 0 Å². The lowest BCUT2D eigenvalue weighted by molar-refractivity contribution is -0.139. The molecule has 1 rings (SSSR count). The number of amides is 1. The summed E-state index contributed by atoms with van der Waals surface area (Å²) in [7, 11) is 1.74. The van der Waals surface area contributed by atoms with E-state index in [9.17, 15) is 10.1 Å². The Labute approximate surface area is 114 Å². The van der Waals surface area contributed by atoms with Crippen molar-refractivity contribution in [2.45, 2.75) is 46.1 Å². The smallest absolute Gasteiger partial charge is 0.243 e. The predicted molar refractivity (Wildman–Crippen MR) is 72.9 cm³/mol. The number of nitrogens with zero attached hydrogens (tertiary/aromatic N) is 3. The second kappa shape index (κ2) is 6.93. The Kier molecular flexibility index (Phi) is 5.56. The van der Waals surface area contributed by atoms with Crippen LogP contribution < -0.4 is 0 Å². The molecule has 0 bridgehead atoms. The number of carbonyl (C=O) groups is 1. The first-order valence-electron chi connectivity index (χ1n) is 6.74. The summed E-state index contributed by atoms with van der Waals surface area (Å²) >= 11 is 0. The van der Waals surface area contributed by atoms with Crippen molar-refractivity contribution in [3.8, 4) is 6.07 Å². The third kappa shape index (κ3) is 3.57. The van der Waals surface area contributed by atoms with E-state index in [1.807, 2.05) is 13.8 Å². The summed E-state index contributed by atoms with van der Waals surface area (Å²) in [5, 5.41) is 16.1. The van der Waals surface area contributed by atoms with E-state index >= 15 is 0 Å². The highest BCUT2D eigenvalue weighted by atomic mass is 16.2. The second-order valence-electron chi connectivity index (χ2n) is 4.96. The number of nitrogens with one attached hydrogen (secondary N) is 1. The van der Waals surface area contributed by atoms with Crippen molar-refractivity contribution in [1.29, 1.82) is 5.26 Å². The summed E-state index contributed by atoms with van der Waals surface area (Å²) in [6.45, 7) is 4.49. The van der Waals surface area contributed by atoms with E-state index in [1.54, 1.807) is 24.3 Å². The molecular weight excluding hydrogens is 240 g/mol. The summed E-state index contributed by atoms with van der Waals surface area (Å²) in [5.74, 6) is -0.0834. The first-order valence-corrected chi connectivity index (χ1v) is 6.74.